The van der Waals surface area contributed by atoms with E-state index in [1.807, 2.05) is 67.0 Å². The van der Waals surface area contributed by atoms with E-state index in [4.69, 9.17) is 4.52 Å². The summed E-state index contributed by atoms with van der Waals surface area (Å²) in [6.07, 6.45) is 3.79. The molecule has 0 atom stereocenters. The molecule has 3 heterocycles. The number of nitrogens with zero attached hydrogens (tertiary/aromatic N) is 5. The third kappa shape index (κ3) is 3.71. The second kappa shape index (κ2) is 7.59. The van der Waals surface area contributed by atoms with Crippen LogP contribution in [0.2, 0.25) is 0 Å². The van der Waals surface area contributed by atoms with Gasteiger partial charge in [-0.25, -0.2) is 4.68 Å². The first-order valence-corrected chi connectivity index (χ1v) is 9.56. The van der Waals surface area contributed by atoms with Crippen molar-refractivity contribution in [3.63, 3.8) is 0 Å². The summed E-state index contributed by atoms with van der Waals surface area (Å²) in [4.78, 5) is 17.1. The monoisotopic (exact) mass is 379 g/mol. The maximum absolute atomic E-state index is 12.8. The van der Waals surface area contributed by atoms with E-state index in [0.717, 1.165) is 61.0 Å². The van der Waals surface area contributed by atoms with Gasteiger partial charge in [-0.2, -0.15) is 5.10 Å². The SMILES string of the molecule is Cc1cnn(-c2ccc(C(=O)N3CCN(Cc4c(C)noc4C)CC3)cc2)c1. The molecule has 1 aromatic carbocycles. The van der Waals surface area contributed by atoms with Crippen LogP contribution in [0.4, 0.5) is 0 Å². The first-order valence-electron chi connectivity index (χ1n) is 9.56. The van der Waals surface area contributed by atoms with Gasteiger partial charge in [-0.05, 0) is 50.6 Å². The molecule has 1 aliphatic rings. The van der Waals surface area contributed by atoms with Crippen molar-refractivity contribution in [2.24, 2.45) is 0 Å². The van der Waals surface area contributed by atoms with Gasteiger partial charge in [-0.15, -0.1) is 0 Å². The number of hydrogen-bond acceptors (Lipinski definition) is 5. The van der Waals surface area contributed by atoms with Crippen molar-refractivity contribution in [2.45, 2.75) is 27.3 Å². The first-order chi connectivity index (χ1) is 13.5. The summed E-state index contributed by atoms with van der Waals surface area (Å²) < 4.78 is 7.07. The quantitative estimate of drug-likeness (QED) is 0.697. The van der Waals surface area contributed by atoms with Crippen LogP contribution in [0.3, 0.4) is 0 Å². The number of amides is 1. The smallest absolute Gasteiger partial charge is 0.253 e. The van der Waals surface area contributed by atoms with Gasteiger partial charge in [-0.1, -0.05) is 5.16 Å². The predicted octanol–water partition coefficient (Wildman–Crippen LogP) is 2.74. The summed E-state index contributed by atoms with van der Waals surface area (Å²) in [5.41, 5.74) is 4.88. The predicted molar refractivity (Wildman–Crippen MR) is 105 cm³/mol. The molecule has 7 nitrogen and oxygen atoms in total. The molecule has 1 fully saturated rings. The van der Waals surface area contributed by atoms with E-state index in [0.29, 0.717) is 5.56 Å². The molecule has 0 saturated carbocycles. The Morgan fingerprint density at radius 1 is 1.07 bits per heavy atom. The minimum absolute atomic E-state index is 0.0835. The molecule has 1 amide bonds. The molecule has 7 heteroatoms. The van der Waals surface area contributed by atoms with Crippen LogP contribution in [-0.2, 0) is 6.54 Å². The highest BCUT2D eigenvalue weighted by Crippen LogP contribution is 2.17. The van der Waals surface area contributed by atoms with E-state index < -0.39 is 0 Å². The normalized spacial score (nSPS) is 15.2. The van der Waals surface area contributed by atoms with Gasteiger partial charge in [0, 0.05) is 50.0 Å². The Bertz CT molecular complexity index is 946. The number of aryl methyl sites for hydroxylation is 3. The van der Waals surface area contributed by atoms with Crippen molar-refractivity contribution in [1.82, 2.24) is 24.7 Å². The van der Waals surface area contributed by atoms with Gasteiger partial charge in [0.25, 0.3) is 5.91 Å². The number of carbonyl (C=O) groups excluding carboxylic acids is 1. The first kappa shape index (κ1) is 18.4. The zero-order valence-electron chi connectivity index (χ0n) is 16.6. The average molecular weight is 379 g/mol. The zero-order chi connectivity index (χ0) is 19.7. The molecule has 0 aliphatic carbocycles. The van der Waals surface area contributed by atoms with Crippen molar-refractivity contribution in [3.8, 4) is 5.69 Å². The molecule has 3 aromatic rings. The minimum Gasteiger partial charge on any atom is -0.361 e. The van der Waals surface area contributed by atoms with Crippen LogP contribution in [-0.4, -0.2) is 56.8 Å². The molecule has 0 unspecified atom stereocenters. The molecular weight excluding hydrogens is 354 g/mol. The second-order valence-corrected chi connectivity index (χ2v) is 7.38. The lowest BCUT2D eigenvalue weighted by molar-refractivity contribution is 0.0627. The molecule has 0 radical (unpaired) electrons. The summed E-state index contributed by atoms with van der Waals surface area (Å²) >= 11 is 0. The molecule has 0 bridgehead atoms. The van der Waals surface area contributed by atoms with Crippen molar-refractivity contribution < 1.29 is 9.32 Å². The van der Waals surface area contributed by atoms with Crippen molar-refractivity contribution in [2.75, 3.05) is 26.2 Å². The number of piperazine rings is 1. The fraction of sp³-hybridized carbons (Fsp3) is 0.381. The Morgan fingerprint density at radius 3 is 2.36 bits per heavy atom. The maximum atomic E-state index is 12.8. The van der Waals surface area contributed by atoms with E-state index in [9.17, 15) is 4.79 Å². The van der Waals surface area contributed by atoms with Gasteiger partial charge >= 0.3 is 0 Å². The molecular formula is C21H25N5O2. The Labute approximate surface area is 164 Å². The van der Waals surface area contributed by atoms with Crippen molar-refractivity contribution >= 4 is 5.91 Å². The van der Waals surface area contributed by atoms with E-state index in [-0.39, 0.29) is 5.91 Å². The largest absolute Gasteiger partial charge is 0.361 e. The van der Waals surface area contributed by atoms with Gasteiger partial charge in [0.2, 0.25) is 0 Å². The number of aromatic nitrogens is 3. The van der Waals surface area contributed by atoms with Crippen LogP contribution in [0.1, 0.15) is 32.9 Å². The molecule has 2 aromatic heterocycles. The average Bonchev–Trinajstić information content (AvgIpc) is 3.29. The molecule has 146 valence electrons. The lowest BCUT2D eigenvalue weighted by Gasteiger charge is -2.34. The van der Waals surface area contributed by atoms with E-state index >= 15 is 0 Å². The van der Waals surface area contributed by atoms with Crippen LogP contribution in [0.15, 0.2) is 41.2 Å². The Hall–Kier alpha value is -2.93. The molecule has 28 heavy (non-hydrogen) atoms. The number of benzene rings is 1. The molecule has 4 rings (SSSR count). The Balaban J connectivity index is 1.36. The fourth-order valence-electron chi connectivity index (χ4n) is 3.55. The van der Waals surface area contributed by atoms with E-state index in [2.05, 4.69) is 15.2 Å². The van der Waals surface area contributed by atoms with Crippen molar-refractivity contribution in [1.29, 1.82) is 0 Å². The summed E-state index contributed by atoms with van der Waals surface area (Å²) in [5.74, 6) is 0.962. The van der Waals surface area contributed by atoms with Gasteiger partial charge < -0.3 is 9.42 Å². The van der Waals surface area contributed by atoms with Crippen molar-refractivity contribution in [3.05, 3.63) is 64.8 Å². The summed E-state index contributed by atoms with van der Waals surface area (Å²) in [6.45, 7) is 9.89. The lowest BCUT2D eigenvalue weighted by Crippen LogP contribution is -2.48. The standard InChI is InChI=1S/C21H25N5O2/c1-15-12-22-26(13-15)19-6-4-18(5-7-19)21(27)25-10-8-24(9-11-25)14-20-16(2)23-28-17(20)3/h4-7,12-13H,8-11,14H2,1-3H3. The lowest BCUT2D eigenvalue weighted by atomic mass is 10.1. The van der Waals surface area contributed by atoms with Gasteiger partial charge in [0.05, 0.1) is 17.6 Å². The Morgan fingerprint density at radius 2 is 1.79 bits per heavy atom. The maximum Gasteiger partial charge on any atom is 0.253 e. The fourth-order valence-corrected chi connectivity index (χ4v) is 3.55. The van der Waals surface area contributed by atoms with Crippen LogP contribution >= 0.6 is 0 Å². The minimum atomic E-state index is 0.0835. The topological polar surface area (TPSA) is 67.4 Å². The summed E-state index contributed by atoms with van der Waals surface area (Å²) in [6, 6.07) is 7.64. The highest BCUT2D eigenvalue weighted by molar-refractivity contribution is 5.94. The zero-order valence-corrected chi connectivity index (χ0v) is 16.6. The number of hydrogen-bond donors (Lipinski definition) is 0. The second-order valence-electron chi connectivity index (χ2n) is 7.38. The molecule has 1 saturated heterocycles. The summed E-state index contributed by atoms with van der Waals surface area (Å²) in [5, 5.41) is 8.33. The van der Waals surface area contributed by atoms with Crippen LogP contribution in [0.5, 0.6) is 0 Å². The molecule has 0 N–H and O–H groups in total. The van der Waals surface area contributed by atoms with Crippen LogP contribution < -0.4 is 0 Å². The molecule has 1 aliphatic heterocycles. The summed E-state index contributed by atoms with van der Waals surface area (Å²) in [7, 11) is 0. The van der Waals surface area contributed by atoms with Gasteiger partial charge in [-0.3, -0.25) is 9.69 Å². The van der Waals surface area contributed by atoms with Crippen LogP contribution in [0.25, 0.3) is 5.69 Å². The highest BCUT2D eigenvalue weighted by Gasteiger charge is 2.23. The molecule has 0 spiro atoms. The number of rotatable bonds is 4. The number of carbonyl (C=O) groups is 1. The highest BCUT2D eigenvalue weighted by atomic mass is 16.5. The van der Waals surface area contributed by atoms with Gasteiger partial charge in [0.1, 0.15) is 5.76 Å². The van der Waals surface area contributed by atoms with Gasteiger partial charge in [0.15, 0.2) is 0 Å². The third-order valence-corrected chi connectivity index (χ3v) is 5.31. The van der Waals surface area contributed by atoms with Crippen LogP contribution in [0, 0.1) is 20.8 Å². The van der Waals surface area contributed by atoms with E-state index in [1.54, 1.807) is 0 Å². The third-order valence-electron chi connectivity index (χ3n) is 5.31. The van der Waals surface area contributed by atoms with E-state index in [1.165, 1.54) is 0 Å². The Kier molecular flexibility index (Phi) is 5.00.